The van der Waals surface area contributed by atoms with Crippen molar-refractivity contribution in [2.75, 3.05) is 13.1 Å². The van der Waals surface area contributed by atoms with E-state index in [4.69, 9.17) is 23.2 Å². The Bertz CT molecular complexity index is 796. The van der Waals surface area contributed by atoms with Crippen LogP contribution in [0.15, 0.2) is 48.5 Å². The van der Waals surface area contributed by atoms with Gasteiger partial charge in [-0.1, -0.05) is 59.6 Å². The molecule has 0 radical (unpaired) electrons. The zero-order chi connectivity index (χ0) is 18.5. The van der Waals surface area contributed by atoms with Gasteiger partial charge in [0.25, 0.3) is 0 Å². The van der Waals surface area contributed by atoms with Crippen LogP contribution in [0.25, 0.3) is 0 Å². The van der Waals surface area contributed by atoms with Gasteiger partial charge in [-0.2, -0.15) is 0 Å². The lowest BCUT2D eigenvalue weighted by Crippen LogP contribution is -2.39. The highest BCUT2D eigenvalue weighted by Gasteiger charge is 2.25. The molecule has 1 saturated heterocycles. The van der Waals surface area contributed by atoms with Crippen LogP contribution in [0.2, 0.25) is 10.0 Å². The molecule has 4 nitrogen and oxygen atoms in total. The molecule has 2 aromatic carbocycles. The Labute approximate surface area is 163 Å². The standard InChI is InChI=1S/C20H20Cl2N2O2/c21-16-9-8-15(17(22)12-16)11-19(25)23-18(14-5-2-1-3-6-14)13-24-10-4-7-20(24)26/h1-3,5-6,8-9,12,18H,4,7,10-11,13H2,(H,23,25). The molecule has 2 amide bonds. The molecule has 3 rings (SSSR count). The third-order valence-electron chi connectivity index (χ3n) is 4.48. The van der Waals surface area contributed by atoms with Crippen molar-refractivity contribution < 1.29 is 9.59 Å². The lowest BCUT2D eigenvalue weighted by molar-refractivity contribution is -0.129. The minimum Gasteiger partial charge on any atom is -0.347 e. The second-order valence-electron chi connectivity index (χ2n) is 6.39. The monoisotopic (exact) mass is 390 g/mol. The summed E-state index contributed by atoms with van der Waals surface area (Å²) in [7, 11) is 0. The SMILES string of the molecule is O=C(Cc1ccc(Cl)cc1Cl)NC(CN1CCCC1=O)c1ccccc1. The van der Waals surface area contributed by atoms with Gasteiger partial charge in [-0.25, -0.2) is 0 Å². The molecule has 0 aliphatic carbocycles. The number of halogens is 2. The third-order valence-corrected chi connectivity index (χ3v) is 5.06. The van der Waals surface area contributed by atoms with Crippen molar-refractivity contribution in [1.29, 1.82) is 0 Å². The number of hydrogen-bond acceptors (Lipinski definition) is 2. The van der Waals surface area contributed by atoms with Crippen LogP contribution in [0.5, 0.6) is 0 Å². The third kappa shape index (κ3) is 4.77. The first-order valence-electron chi connectivity index (χ1n) is 8.59. The Morgan fingerprint density at radius 1 is 1.15 bits per heavy atom. The van der Waals surface area contributed by atoms with Crippen molar-refractivity contribution >= 4 is 35.0 Å². The van der Waals surface area contributed by atoms with Crippen LogP contribution in [-0.2, 0) is 16.0 Å². The first-order valence-corrected chi connectivity index (χ1v) is 9.34. The van der Waals surface area contributed by atoms with Crippen molar-refractivity contribution in [1.82, 2.24) is 10.2 Å². The minimum atomic E-state index is -0.253. The van der Waals surface area contributed by atoms with Crippen LogP contribution < -0.4 is 5.32 Å². The summed E-state index contributed by atoms with van der Waals surface area (Å²) in [4.78, 5) is 26.4. The van der Waals surface area contributed by atoms with Crippen molar-refractivity contribution in [3.8, 4) is 0 Å². The number of nitrogens with zero attached hydrogens (tertiary/aromatic N) is 1. The topological polar surface area (TPSA) is 49.4 Å². The molecular formula is C20H20Cl2N2O2. The first kappa shape index (κ1) is 18.7. The van der Waals surface area contributed by atoms with Crippen molar-refractivity contribution in [2.24, 2.45) is 0 Å². The summed E-state index contributed by atoms with van der Waals surface area (Å²) in [5.41, 5.74) is 1.69. The summed E-state index contributed by atoms with van der Waals surface area (Å²) in [6, 6.07) is 14.5. The molecule has 0 saturated carbocycles. The Balaban J connectivity index is 1.72. The Kier molecular flexibility index (Phi) is 6.17. The van der Waals surface area contributed by atoms with E-state index in [1.54, 1.807) is 18.2 Å². The zero-order valence-electron chi connectivity index (χ0n) is 14.3. The predicted octanol–water partition coefficient (Wildman–Crippen LogP) is 4.02. The summed E-state index contributed by atoms with van der Waals surface area (Å²) in [6.45, 7) is 1.21. The zero-order valence-corrected chi connectivity index (χ0v) is 15.8. The number of hydrogen-bond donors (Lipinski definition) is 1. The molecule has 2 aromatic rings. The van der Waals surface area contributed by atoms with Crippen molar-refractivity contribution in [3.63, 3.8) is 0 Å². The molecule has 1 atom stereocenters. The summed E-state index contributed by atoms with van der Waals surface area (Å²) >= 11 is 12.1. The second kappa shape index (κ2) is 8.56. The van der Waals surface area contributed by atoms with Gasteiger partial charge in [0.1, 0.15) is 0 Å². The van der Waals surface area contributed by atoms with E-state index in [0.29, 0.717) is 23.0 Å². The van der Waals surface area contributed by atoms with Crippen LogP contribution in [0.1, 0.15) is 30.0 Å². The molecule has 6 heteroatoms. The molecule has 1 aliphatic rings. The summed E-state index contributed by atoms with van der Waals surface area (Å²) < 4.78 is 0. The largest absolute Gasteiger partial charge is 0.347 e. The van der Waals surface area contributed by atoms with Crippen LogP contribution in [0, 0.1) is 0 Å². The lowest BCUT2D eigenvalue weighted by Gasteiger charge is -2.25. The van der Waals surface area contributed by atoms with Crippen LogP contribution in [0.4, 0.5) is 0 Å². The van der Waals surface area contributed by atoms with Gasteiger partial charge in [-0.15, -0.1) is 0 Å². The highest BCUT2D eigenvalue weighted by atomic mass is 35.5. The molecule has 1 N–H and O–H groups in total. The maximum Gasteiger partial charge on any atom is 0.225 e. The van der Waals surface area contributed by atoms with Gasteiger partial charge in [-0.3, -0.25) is 9.59 Å². The molecule has 26 heavy (non-hydrogen) atoms. The van der Waals surface area contributed by atoms with E-state index in [2.05, 4.69) is 5.32 Å². The number of rotatable bonds is 6. The highest BCUT2D eigenvalue weighted by molar-refractivity contribution is 6.35. The normalized spacial score (nSPS) is 15.2. The number of nitrogens with one attached hydrogen (secondary N) is 1. The van der Waals surface area contributed by atoms with Gasteiger partial charge >= 0.3 is 0 Å². The minimum absolute atomic E-state index is 0.140. The lowest BCUT2D eigenvalue weighted by atomic mass is 10.1. The molecule has 0 spiro atoms. The van der Waals surface area contributed by atoms with E-state index < -0.39 is 0 Å². The van der Waals surface area contributed by atoms with Crippen LogP contribution in [-0.4, -0.2) is 29.8 Å². The van der Waals surface area contributed by atoms with E-state index in [-0.39, 0.29) is 24.3 Å². The van der Waals surface area contributed by atoms with Gasteiger partial charge in [0.15, 0.2) is 0 Å². The van der Waals surface area contributed by atoms with E-state index in [9.17, 15) is 9.59 Å². The van der Waals surface area contributed by atoms with E-state index in [1.807, 2.05) is 35.2 Å². The molecule has 0 aromatic heterocycles. The smallest absolute Gasteiger partial charge is 0.225 e. The average Bonchev–Trinajstić information content (AvgIpc) is 3.02. The maximum absolute atomic E-state index is 12.6. The molecule has 1 aliphatic heterocycles. The Morgan fingerprint density at radius 3 is 2.58 bits per heavy atom. The van der Waals surface area contributed by atoms with Gasteiger partial charge in [0.05, 0.1) is 12.5 Å². The summed E-state index contributed by atoms with van der Waals surface area (Å²) in [5, 5.41) is 4.05. The quantitative estimate of drug-likeness (QED) is 0.809. The predicted molar refractivity (Wildman–Crippen MR) is 103 cm³/mol. The molecule has 1 heterocycles. The first-order chi connectivity index (χ1) is 12.5. The maximum atomic E-state index is 12.6. The fourth-order valence-electron chi connectivity index (χ4n) is 3.12. The van der Waals surface area contributed by atoms with Crippen molar-refractivity contribution in [2.45, 2.75) is 25.3 Å². The second-order valence-corrected chi connectivity index (χ2v) is 7.23. The van der Waals surface area contributed by atoms with E-state index in [0.717, 1.165) is 24.1 Å². The molecule has 0 bridgehead atoms. The number of amides is 2. The van der Waals surface area contributed by atoms with E-state index >= 15 is 0 Å². The van der Waals surface area contributed by atoms with Crippen molar-refractivity contribution in [3.05, 3.63) is 69.7 Å². The van der Waals surface area contributed by atoms with Crippen LogP contribution >= 0.6 is 23.2 Å². The molecule has 1 fully saturated rings. The fraction of sp³-hybridized carbons (Fsp3) is 0.300. The molecule has 136 valence electrons. The average molecular weight is 391 g/mol. The molecule has 1 unspecified atom stereocenters. The van der Waals surface area contributed by atoms with Gasteiger partial charge < -0.3 is 10.2 Å². The fourth-order valence-corrected chi connectivity index (χ4v) is 3.60. The number of carbonyl (C=O) groups excluding carboxylic acids is 2. The Morgan fingerprint density at radius 2 is 1.92 bits per heavy atom. The van der Waals surface area contributed by atoms with Gasteiger partial charge in [0, 0.05) is 29.6 Å². The van der Waals surface area contributed by atoms with Gasteiger partial charge in [0.2, 0.25) is 11.8 Å². The van der Waals surface area contributed by atoms with Crippen LogP contribution in [0.3, 0.4) is 0 Å². The highest BCUT2D eigenvalue weighted by Crippen LogP contribution is 2.22. The summed E-state index contributed by atoms with van der Waals surface area (Å²) in [6.07, 6.45) is 1.61. The van der Waals surface area contributed by atoms with Gasteiger partial charge in [-0.05, 0) is 29.7 Å². The number of likely N-dealkylation sites (tertiary alicyclic amines) is 1. The Hall–Kier alpha value is -2.04. The van der Waals surface area contributed by atoms with E-state index in [1.165, 1.54) is 0 Å². The summed E-state index contributed by atoms with van der Waals surface area (Å²) in [5.74, 6) is -0.00403. The number of benzene rings is 2. The number of carbonyl (C=O) groups is 2. The molecular weight excluding hydrogens is 371 g/mol.